The maximum Gasteiger partial charge on any atom is 0.143 e. The highest BCUT2D eigenvalue weighted by atomic mass is 19.1. The summed E-state index contributed by atoms with van der Waals surface area (Å²) in [4.78, 5) is 0. The van der Waals surface area contributed by atoms with Crippen molar-refractivity contribution in [2.45, 2.75) is 12.8 Å². The van der Waals surface area contributed by atoms with Crippen molar-refractivity contribution < 1.29 is 17.6 Å². The van der Waals surface area contributed by atoms with Crippen molar-refractivity contribution in [2.24, 2.45) is 0 Å². The molecule has 0 atom stereocenters. The summed E-state index contributed by atoms with van der Waals surface area (Å²) in [6.07, 6.45) is 3.16. The van der Waals surface area contributed by atoms with Crippen molar-refractivity contribution in [3.63, 3.8) is 0 Å². The van der Waals surface area contributed by atoms with E-state index >= 15 is 0 Å². The minimum absolute atomic E-state index is 0.0726. The first-order chi connectivity index (χ1) is 16.4. The van der Waals surface area contributed by atoms with Crippen LogP contribution in [0, 0.1) is 47.0 Å². The summed E-state index contributed by atoms with van der Waals surface area (Å²) in [6.45, 7) is 3.64. The van der Waals surface area contributed by atoms with E-state index in [9.17, 15) is 17.6 Å². The van der Waals surface area contributed by atoms with Crippen LogP contribution in [-0.2, 0) is 6.42 Å². The molecule has 4 rings (SSSR count). The number of halogens is 4. The molecule has 34 heavy (non-hydrogen) atoms. The van der Waals surface area contributed by atoms with Gasteiger partial charge in [0.05, 0.1) is 11.1 Å². The summed E-state index contributed by atoms with van der Waals surface area (Å²) in [5, 5.41) is 1.47. The first kappa shape index (κ1) is 22.9. The van der Waals surface area contributed by atoms with Gasteiger partial charge in [0.1, 0.15) is 23.3 Å². The predicted octanol–water partition coefficient (Wildman–Crippen LogP) is 7.31. The molecule has 4 aromatic carbocycles. The Morgan fingerprint density at radius 1 is 0.647 bits per heavy atom. The molecular formula is C30H18F4. The Labute approximate surface area is 195 Å². The molecule has 166 valence electrons. The monoisotopic (exact) mass is 454 g/mol. The van der Waals surface area contributed by atoms with Gasteiger partial charge in [-0.2, -0.15) is 0 Å². The summed E-state index contributed by atoms with van der Waals surface area (Å²) in [5.74, 6) is 7.93. The largest absolute Gasteiger partial charge is 0.207 e. The molecule has 0 aliphatic rings. The van der Waals surface area contributed by atoms with Crippen molar-refractivity contribution in [1.82, 2.24) is 0 Å². The quantitative estimate of drug-likeness (QED) is 0.173. The van der Waals surface area contributed by atoms with Crippen LogP contribution < -0.4 is 0 Å². The summed E-state index contributed by atoms with van der Waals surface area (Å²) >= 11 is 0. The molecule has 0 nitrogen and oxygen atoms in total. The maximum atomic E-state index is 14.6. The average Bonchev–Trinajstić information content (AvgIpc) is 2.81. The highest BCUT2D eigenvalue weighted by Gasteiger charge is 2.09. The van der Waals surface area contributed by atoms with Gasteiger partial charge in [-0.1, -0.05) is 48.0 Å². The van der Waals surface area contributed by atoms with Gasteiger partial charge in [-0.05, 0) is 77.7 Å². The number of benzene rings is 4. The molecule has 0 bridgehead atoms. The molecule has 0 saturated heterocycles. The van der Waals surface area contributed by atoms with Gasteiger partial charge < -0.3 is 0 Å². The average molecular weight is 454 g/mol. The van der Waals surface area contributed by atoms with Crippen LogP contribution in [0.5, 0.6) is 0 Å². The van der Waals surface area contributed by atoms with Gasteiger partial charge in [-0.15, -0.1) is 6.58 Å². The Morgan fingerprint density at radius 2 is 1.35 bits per heavy atom. The Morgan fingerprint density at radius 3 is 2.09 bits per heavy atom. The number of fused-ring (bicyclic) bond motifs is 1. The standard InChI is InChI=1S/C30H18F4/c1-2-3-4-20-5-9-23(28(32)16-20)10-7-22-17-29(33)27(30(34)18-22)14-8-21-6-11-25-19-26(31)13-12-24(25)15-21/h2,5-6,9,11-13,15-19H,1,3-4H2. The summed E-state index contributed by atoms with van der Waals surface area (Å²) < 4.78 is 56.7. The van der Waals surface area contributed by atoms with E-state index in [-0.39, 0.29) is 22.5 Å². The van der Waals surface area contributed by atoms with Crippen LogP contribution in [-0.4, -0.2) is 0 Å². The van der Waals surface area contributed by atoms with Crippen LogP contribution in [0.15, 0.2) is 79.4 Å². The summed E-state index contributed by atoms with van der Waals surface area (Å²) in [6, 6.07) is 16.3. The SMILES string of the molecule is C=CCCc1ccc(C#Cc2cc(F)c(C#Cc3ccc4cc(F)ccc4c3)c(F)c2)c(F)c1. The van der Waals surface area contributed by atoms with E-state index in [0.717, 1.165) is 29.5 Å². The number of hydrogen-bond acceptors (Lipinski definition) is 0. The zero-order chi connectivity index (χ0) is 24.1. The van der Waals surface area contributed by atoms with Crippen molar-refractivity contribution >= 4 is 10.8 Å². The van der Waals surface area contributed by atoms with E-state index in [0.29, 0.717) is 17.4 Å². The van der Waals surface area contributed by atoms with E-state index < -0.39 is 17.5 Å². The molecule has 0 aliphatic heterocycles. The molecule has 0 spiro atoms. The topological polar surface area (TPSA) is 0 Å². The summed E-state index contributed by atoms with van der Waals surface area (Å²) in [5.41, 5.74) is 1.18. The Hall–Kier alpha value is -4.28. The van der Waals surface area contributed by atoms with Crippen molar-refractivity contribution in [3.05, 3.63) is 130 Å². The minimum Gasteiger partial charge on any atom is -0.207 e. The highest BCUT2D eigenvalue weighted by Crippen LogP contribution is 2.18. The van der Waals surface area contributed by atoms with E-state index in [4.69, 9.17) is 0 Å². The van der Waals surface area contributed by atoms with Crippen LogP contribution in [0.4, 0.5) is 17.6 Å². The zero-order valence-electron chi connectivity index (χ0n) is 18.1. The molecule has 0 saturated carbocycles. The van der Waals surface area contributed by atoms with E-state index in [1.165, 1.54) is 18.2 Å². The van der Waals surface area contributed by atoms with Gasteiger partial charge in [0.2, 0.25) is 0 Å². The van der Waals surface area contributed by atoms with Gasteiger partial charge >= 0.3 is 0 Å². The smallest absolute Gasteiger partial charge is 0.143 e. The molecule has 0 radical (unpaired) electrons. The second-order valence-corrected chi connectivity index (χ2v) is 7.66. The van der Waals surface area contributed by atoms with Crippen molar-refractivity contribution in [3.8, 4) is 23.7 Å². The van der Waals surface area contributed by atoms with Gasteiger partial charge in [0, 0.05) is 11.1 Å². The lowest BCUT2D eigenvalue weighted by atomic mass is 10.1. The molecule has 0 fully saturated rings. The molecule has 0 heterocycles. The molecule has 0 aliphatic carbocycles. The lowest BCUT2D eigenvalue weighted by Crippen LogP contribution is -1.93. The lowest BCUT2D eigenvalue weighted by molar-refractivity contribution is 0.577. The highest BCUT2D eigenvalue weighted by molar-refractivity contribution is 5.84. The first-order valence-corrected chi connectivity index (χ1v) is 10.5. The molecule has 0 amide bonds. The lowest BCUT2D eigenvalue weighted by Gasteiger charge is -2.01. The van der Waals surface area contributed by atoms with Crippen molar-refractivity contribution in [2.75, 3.05) is 0 Å². The van der Waals surface area contributed by atoms with E-state index in [1.807, 2.05) is 0 Å². The molecule has 0 N–H and O–H groups in total. The van der Waals surface area contributed by atoms with Crippen molar-refractivity contribution in [1.29, 1.82) is 0 Å². The van der Waals surface area contributed by atoms with Crippen LogP contribution in [0.2, 0.25) is 0 Å². The number of aryl methyl sites for hydroxylation is 1. The molecule has 0 aromatic heterocycles. The summed E-state index contributed by atoms with van der Waals surface area (Å²) in [7, 11) is 0. The molecular weight excluding hydrogens is 436 g/mol. The normalized spacial score (nSPS) is 10.2. The second kappa shape index (κ2) is 10.1. The van der Waals surface area contributed by atoms with Gasteiger partial charge in [-0.25, -0.2) is 17.6 Å². The fourth-order valence-corrected chi connectivity index (χ4v) is 3.42. The van der Waals surface area contributed by atoms with E-state index in [1.54, 1.807) is 42.5 Å². The second-order valence-electron chi connectivity index (χ2n) is 7.66. The Balaban J connectivity index is 1.57. The fraction of sp³-hybridized carbons (Fsp3) is 0.0667. The number of hydrogen-bond donors (Lipinski definition) is 0. The van der Waals surface area contributed by atoms with Crippen LogP contribution >= 0.6 is 0 Å². The Bertz CT molecular complexity index is 1500. The fourth-order valence-electron chi connectivity index (χ4n) is 3.42. The molecule has 0 unspecified atom stereocenters. The third-order valence-electron chi connectivity index (χ3n) is 5.19. The van der Waals surface area contributed by atoms with Gasteiger partial charge in [-0.3, -0.25) is 0 Å². The molecule has 4 aromatic rings. The third-order valence-corrected chi connectivity index (χ3v) is 5.19. The first-order valence-electron chi connectivity index (χ1n) is 10.5. The van der Waals surface area contributed by atoms with Crippen LogP contribution in [0.1, 0.15) is 34.2 Å². The van der Waals surface area contributed by atoms with Crippen LogP contribution in [0.25, 0.3) is 10.8 Å². The third kappa shape index (κ3) is 5.37. The minimum atomic E-state index is -0.861. The maximum absolute atomic E-state index is 14.6. The number of allylic oxidation sites excluding steroid dienone is 1. The number of rotatable bonds is 3. The Kier molecular flexibility index (Phi) is 6.81. The van der Waals surface area contributed by atoms with E-state index in [2.05, 4.69) is 30.3 Å². The predicted molar refractivity (Wildman–Crippen MR) is 127 cm³/mol. The van der Waals surface area contributed by atoms with Gasteiger partial charge in [0.25, 0.3) is 0 Å². The zero-order valence-corrected chi connectivity index (χ0v) is 18.1. The van der Waals surface area contributed by atoms with Crippen LogP contribution in [0.3, 0.4) is 0 Å². The molecule has 4 heteroatoms. The van der Waals surface area contributed by atoms with Gasteiger partial charge in [0.15, 0.2) is 0 Å².